The van der Waals surface area contributed by atoms with Crippen LogP contribution in [-0.4, -0.2) is 17.1 Å². The Morgan fingerprint density at radius 3 is 2.71 bits per heavy atom. The number of nitrogens with zero attached hydrogens (tertiary/aromatic N) is 1. The fraction of sp³-hybridized carbons (Fsp3) is 0.571. The molecule has 2 unspecified atom stereocenters. The molecule has 1 N–H and O–H groups in total. The second-order valence-corrected chi connectivity index (χ2v) is 6.21. The molecule has 1 amide bonds. The van der Waals surface area contributed by atoms with Crippen LogP contribution in [0.2, 0.25) is 0 Å². The van der Waals surface area contributed by atoms with Crippen molar-refractivity contribution >= 4 is 27.7 Å². The fourth-order valence-electron chi connectivity index (χ4n) is 2.57. The topological polar surface area (TPSA) is 42.0 Å². The van der Waals surface area contributed by atoms with E-state index in [2.05, 4.69) is 26.2 Å². The number of amides is 1. The van der Waals surface area contributed by atoms with E-state index in [1.807, 2.05) is 0 Å². The number of hydrogen-bond donors (Lipinski definition) is 1. The van der Waals surface area contributed by atoms with E-state index in [0.717, 1.165) is 4.47 Å². The number of carbonyl (C=O) groups excluding carboxylic acids is 1. The van der Waals surface area contributed by atoms with E-state index in [-0.39, 0.29) is 18.7 Å². The van der Waals surface area contributed by atoms with Crippen molar-refractivity contribution in [2.45, 2.75) is 38.8 Å². The minimum Gasteiger partial charge on any atom is -0.310 e. The van der Waals surface area contributed by atoms with Gasteiger partial charge in [0.15, 0.2) is 0 Å². The van der Waals surface area contributed by atoms with E-state index in [9.17, 15) is 18.0 Å². The first kappa shape index (κ1) is 16.3. The molecule has 1 aliphatic carbocycles. The number of rotatable bonds is 2. The Balaban J connectivity index is 2.01. The summed E-state index contributed by atoms with van der Waals surface area (Å²) < 4.78 is 39.1. The van der Waals surface area contributed by atoms with Gasteiger partial charge < -0.3 is 5.32 Å². The highest BCUT2D eigenvalue weighted by Crippen LogP contribution is 2.40. The summed E-state index contributed by atoms with van der Waals surface area (Å²) in [7, 11) is 0. The molecule has 2 rings (SSSR count). The molecule has 116 valence electrons. The summed E-state index contributed by atoms with van der Waals surface area (Å²) in [6.07, 6.45) is -3.32. The molecule has 1 aromatic heterocycles. The van der Waals surface area contributed by atoms with Crippen molar-refractivity contribution in [2.75, 3.05) is 5.32 Å². The van der Waals surface area contributed by atoms with Gasteiger partial charge in [-0.2, -0.15) is 13.2 Å². The normalized spacial score (nSPS) is 22.9. The Kier molecular flexibility index (Phi) is 4.91. The van der Waals surface area contributed by atoms with Crippen LogP contribution < -0.4 is 5.32 Å². The lowest BCUT2D eigenvalue weighted by molar-refractivity contribution is -0.185. The Bertz CT molecular complexity index is 533. The summed E-state index contributed by atoms with van der Waals surface area (Å²) in [5.74, 6) is -1.98. The van der Waals surface area contributed by atoms with Gasteiger partial charge >= 0.3 is 6.18 Å². The van der Waals surface area contributed by atoms with Gasteiger partial charge in [0.25, 0.3) is 0 Å². The average Bonchev–Trinajstić information content (AvgIpc) is 2.42. The highest BCUT2D eigenvalue weighted by Gasteiger charge is 2.43. The van der Waals surface area contributed by atoms with E-state index < -0.39 is 18.0 Å². The maximum Gasteiger partial charge on any atom is 0.391 e. The molecule has 1 aliphatic rings. The van der Waals surface area contributed by atoms with Gasteiger partial charge in [-0.1, -0.05) is 6.42 Å². The lowest BCUT2D eigenvalue weighted by atomic mass is 9.80. The molecule has 0 aromatic carbocycles. The number of hydrogen-bond acceptors (Lipinski definition) is 2. The third-order valence-electron chi connectivity index (χ3n) is 3.78. The summed E-state index contributed by atoms with van der Waals surface area (Å²) >= 11 is 3.30. The predicted octanol–water partition coefficient (Wildman–Crippen LogP) is 4.46. The fourth-order valence-corrected chi connectivity index (χ4v) is 2.79. The second kappa shape index (κ2) is 6.34. The van der Waals surface area contributed by atoms with Crippen molar-refractivity contribution < 1.29 is 18.0 Å². The van der Waals surface area contributed by atoms with Crippen LogP contribution in [-0.2, 0) is 4.79 Å². The Morgan fingerprint density at radius 1 is 1.38 bits per heavy atom. The average molecular weight is 365 g/mol. The Labute approximate surface area is 129 Å². The number of aromatic nitrogens is 1. The number of pyridine rings is 1. The molecule has 1 fully saturated rings. The third-order valence-corrected chi connectivity index (χ3v) is 4.62. The number of halogens is 4. The van der Waals surface area contributed by atoms with Crippen LogP contribution in [0.1, 0.15) is 31.4 Å². The zero-order chi connectivity index (χ0) is 15.6. The van der Waals surface area contributed by atoms with Crippen molar-refractivity contribution in [2.24, 2.45) is 11.8 Å². The summed E-state index contributed by atoms with van der Waals surface area (Å²) in [6, 6.07) is 3.37. The first-order valence-electron chi connectivity index (χ1n) is 6.78. The standard InChI is InChI=1S/C14H16BrF3N2O/c1-8-11(15)5-6-12(19-8)20-13(21)9-3-2-4-10(7-9)14(16,17)18/h5-6,9-10H,2-4,7H2,1H3,(H,19,20,21). The summed E-state index contributed by atoms with van der Waals surface area (Å²) in [4.78, 5) is 16.3. The van der Waals surface area contributed by atoms with Gasteiger partial charge in [0.2, 0.25) is 5.91 Å². The van der Waals surface area contributed by atoms with Gasteiger partial charge in [0, 0.05) is 10.4 Å². The van der Waals surface area contributed by atoms with Crippen LogP contribution in [0.3, 0.4) is 0 Å². The number of anilines is 1. The molecule has 0 spiro atoms. The highest BCUT2D eigenvalue weighted by molar-refractivity contribution is 9.10. The van der Waals surface area contributed by atoms with E-state index in [1.54, 1.807) is 19.1 Å². The maximum atomic E-state index is 12.8. The SMILES string of the molecule is Cc1nc(NC(=O)C2CCCC(C(F)(F)F)C2)ccc1Br. The zero-order valence-electron chi connectivity index (χ0n) is 11.5. The number of alkyl halides is 3. The van der Waals surface area contributed by atoms with Crippen molar-refractivity contribution in [1.82, 2.24) is 4.98 Å². The molecular formula is C14H16BrF3N2O. The highest BCUT2D eigenvalue weighted by atomic mass is 79.9. The van der Waals surface area contributed by atoms with Crippen molar-refractivity contribution in [1.29, 1.82) is 0 Å². The monoisotopic (exact) mass is 364 g/mol. The van der Waals surface area contributed by atoms with Gasteiger partial charge in [0.05, 0.1) is 11.6 Å². The lowest BCUT2D eigenvalue weighted by Crippen LogP contribution is -2.34. The van der Waals surface area contributed by atoms with E-state index in [4.69, 9.17) is 0 Å². The smallest absolute Gasteiger partial charge is 0.310 e. The molecule has 0 radical (unpaired) electrons. The molecule has 0 bridgehead atoms. The maximum absolute atomic E-state index is 12.8. The lowest BCUT2D eigenvalue weighted by Gasteiger charge is -2.29. The van der Waals surface area contributed by atoms with Crippen molar-refractivity contribution in [3.63, 3.8) is 0 Å². The van der Waals surface area contributed by atoms with Gasteiger partial charge in [-0.05, 0) is 54.2 Å². The second-order valence-electron chi connectivity index (χ2n) is 5.36. The van der Waals surface area contributed by atoms with E-state index >= 15 is 0 Å². The van der Waals surface area contributed by atoms with Crippen LogP contribution in [0.4, 0.5) is 19.0 Å². The molecule has 21 heavy (non-hydrogen) atoms. The first-order valence-corrected chi connectivity index (χ1v) is 7.57. The molecule has 7 heteroatoms. The number of carbonyl (C=O) groups is 1. The largest absolute Gasteiger partial charge is 0.391 e. The summed E-state index contributed by atoms with van der Waals surface area (Å²) in [5, 5.41) is 2.61. The molecule has 0 saturated heterocycles. The van der Waals surface area contributed by atoms with Crippen LogP contribution in [0.5, 0.6) is 0 Å². The molecule has 1 aromatic rings. The van der Waals surface area contributed by atoms with Crippen molar-refractivity contribution in [3.05, 3.63) is 22.3 Å². The van der Waals surface area contributed by atoms with Gasteiger partial charge in [-0.15, -0.1) is 0 Å². The van der Waals surface area contributed by atoms with Crippen LogP contribution >= 0.6 is 15.9 Å². The van der Waals surface area contributed by atoms with Gasteiger partial charge in [-0.25, -0.2) is 4.98 Å². The Hall–Kier alpha value is -1.11. The van der Waals surface area contributed by atoms with E-state index in [1.165, 1.54) is 0 Å². The molecular weight excluding hydrogens is 349 g/mol. The van der Waals surface area contributed by atoms with Crippen LogP contribution in [0.15, 0.2) is 16.6 Å². The van der Waals surface area contributed by atoms with Gasteiger partial charge in [-0.3, -0.25) is 4.79 Å². The summed E-state index contributed by atoms with van der Waals surface area (Å²) in [6.45, 7) is 1.78. The van der Waals surface area contributed by atoms with Crippen molar-refractivity contribution in [3.8, 4) is 0 Å². The van der Waals surface area contributed by atoms with Gasteiger partial charge in [0.1, 0.15) is 5.82 Å². The predicted molar refractivity (Wildman–Crippen MR) is 76.8 cm³/mol. The third kappa shape index (κ3) is 4.18. The molecule has 0 aliphatic heterocycles. The molecule has 3 nitrogen and oxygen atoms in total. The Morgan fingerprint density at radius 2 is 2.10 bits per heavy atom. The molecule has 1 saturated carbocycles. The summed E-state index contributed by atoms with van der Waals surface area (Å²) in [5.41, 5.74) is 0.713. The minimum atomic E-state index is -4.22. The first-order chi connectivity index (χ1) is 9.77. The molecule has 1 heterocycles. The zero-order valence-corrected chi connectivity index (χ0v) is 13.1. The van der Waals surface area contributed by atoms with Crippen LogP contribution in [0, 0.1) is 18.8 Å². The number of aryl methyl sites for hydroxylation is 1. The quantitative estimate of drug-likeness (QED) is 0.841. The van der Waals surface area contributed by atoms with Crippen LogP contribution in [0.25, 0.3) is 0 Å². The number of nitrogens with one attached hydrogen (secondary N) is 1. The molecule has 2 atom stereocenters. The minimum absolute atomic E-state index is 0.114. The van der Waals surface area contributed by atoms with E-state index in [0.29, 0.717) is 24.4 Å².